The molecule has 0 bridgehead atoms. The Labute approximate surface area is 232 Å². The van der Waals surface area contributed by atoms with Gasteiger partial charge in [-0.2, -0.15) is 0 Å². The van der Waals surface area contributed by atoms with E-state index in [1.165, 1.54) is 41.2 Å². The Hall–Kier alpha value is -3.77. The van der Waals surface area contributed by atoms with Crippen LogP contribution >= 0.6 is 0 Å². The van der Waals surface area contributed by atoms with Gasteiger partial charge in [-0.15, -0.1) is 0 Å². The molecule has 2 aromatic carbocycles. The topological polar surface area (TPSA) is 104 Å². The van der Waals surface area contributed by atoms with E-state index in [1.54, 1.807) is 33.2 Å². The minimum atomic E-state index is -3.02. The lowest BCUT2D eigenvalue weighted by atomic mass is 10.1. The molecule has 0 spiro atoms. The Morgan fingerprint density at radius 1 is 1.27 bits per heavy atom. The Kier molecular flexibility index (Phi) is 11.4. The molecule has 0 unspecified atom stereocenters. The van der Waals surface area contributed by atoms with E-state index in [2.05, 4.69) is 0 Å². The normalized spacial score (nSPS) is 14.6. The number of halogens is 3. The average Bonchev–Trinajstić information content (AvgIpc) is 3.24. The van der Waals surface area contributed by atoms with Crippen molar-refractivity contribution in [2.45, 2.75) is 46.2 Å². The Morgan fingerprint density at radius 3 is 2.52 bits per heavy atom. The molecule has 0 saturated carbocycles. The second kappa shape index (κ2) is 14.0. The highest BCUT2D eigenvalue weighted by molar-refractivity contribution is 6.03. The molecule has 0 fully saturated rings. The number of furan rings is 1. The van der Waals surface area contributed by atoms with Gasteiger partial charge in [-0.05, 0) is 37.3 Å². The first kappa shape index (κ1) is 32.4. The fraction of sp³-hybridized carbons (Fsp3) is 0.429. The van der Waals surface area contributed by atoms with Gasteiger partial charge in [0.05, 0.1) is 25.1 Å². The molecule has 3 aromatic rings. The Balaban J connectivity index is 0.000000473. The number of nitrogens with zero attached hydrogens (tertiary/aromatic N) is 2. The summed E-state index contributed by atoms with van der Waals surface area (Å²) in [4.78, 5) is 27.7. The second-order valence-corrected chi connectivity index (χ2v) is 9.00. The van der Waals surface area contributed by atoms with Crippen LogP contribution in [0.1, 0.15) is 50.8 Å². The molecule has 1 atom stereocenters. The lowest BCUT2D eigenvalue weighted by molar-refractivity contribution is -0.129. The summed E-state index contributed by atoms with van der Waals surface area (Å²) in [6, 6.07) is 8.05. The van der Waals surface area contributed by atoms with E-state index in [-0.39, 0.29) is 55.7 Å². The smallest absolute Gasteiger partial charge is 0.294 e. The van der Waals surface area contributed by atoms with Gasteiger partial charge >= 0.3 is 0 Å². The molecular weight excluding hydrogens is 531 g/mol. The van der Waals surface area contributed by atoms with Crippen LogP contribution in [0.5, 0.6) is 11.5 Å². The fourth-order valence-corrected chi connectivity index (χ4v) is 3.75. The number of nitrogens with one attached hydrogen (secondary N) is 1. The number of amides is 2. The zero-order valence-corrected chi connectivity index (χ0v) is 23.7. The first-order valence-electron chi connectivity index (χ1n) is 12.7. The van der Waals surface area contributed by atoms with Crippen molar-refractivity contribution in [1.29, 1.82) is 0 Å². The molecule has 0 saturated heterocycles. The molecule has 2 N–H and O–H groups in total. The third-order valence-electron chi connectivity index (χ3n) is 5.96. The predicted octanol–water partition coefficient (Wildman–Crippen LogP) is 5.44. The van der Waals surface area contributed by atoms with Crippen molar-refractivity contribution in [3.05, 3.63) is 59.1 Å². The highest BCUT2D eigenvalue weighted by atomic mass is 19.3. The quantitative estimate of drug-likeness (QED) is 0.381. The van der Waals surface area contributed by atoms with Gasteiger partial charge in [-0.25, -0.2) is 18.7 Å². The van der Waals surface area contributed by atoms with Crippen LogP contribution in [0.15, 0.2) is 40.8 Å². The third-order valence-corrected chi connectivity index (χ3v) is 5.96. The number of carbonyl (C=O) groups excluding carboxylic acids is 2. The van der Waals surface area contributed by atoms with Crippen LogP contribution in [0, 0.1) is 5.82 Å². The van der Waals surface area contributed by atoms with Gasteiger partial charge in [0.2, 0.25) is 11.7 Å². The monoisotopic (exact) mass is 569 g/mol. The molecule has 0 radical (unpaired) electrons. The lowest BCUT2D eigenvalue weighted by Crippen LogP contribution is -2.45. The molecule has 1 aromatic heterocycles. The van der Waals surface area contributed by atoms with Crippen molar-refractivity contribution in [2.75, 3.05) is 34.4 Å². The van der Waals surface area contributed by atoms with Crippen molar-refractivity contribution in [3.63, 3.8) is 0 Å². The predicted molar refractivity (Wildman–Crippen MR) is 146 cm³/mol. The van der Waals surface area contributed by atoms with E-state index in [1.807, 2.05) is 19.3 Å². The number of ether oxygens (including phenoxy) is 2. The minimum Gasteiger partial charge on any atom is -0.496 e. The van der Waals surface area contributed by atoms with Gasteiger partial charge in [-0.3, -0.25) is 9.59 Å². The molecule has 222 valence electrons. The summed E-state index contributed by atoms with van der Waals surface area (Å²) in [7, 11) is 4.66. The van der Waals surface area contributed by atoms with E-state index >= 15 is 0 Å². The van der Waals surface area contributed by atoms with Gasteiger partial charge in [-0.1, -0.05) is 19.9 Å². The molecule has 40 heavy (non-hydrogen) atoms. The maximum atomic E-state index is 13.6. The summed E-state index contributed by atoms with van der Waals surface area (Å²) in [5, 5.41) is 8.71. The van der Waals surface area contributed by atoms with E-state index < -0.39 is 17.6 Å². The van der Waals surface area contributed by atoms with Crippen molar-refractivity contribution in [1.82, 2.24) is 15.3 Å². The zero-order chi connectivity index (χ0) is 30.2. The maximum absolute atomic E-state index is 13.6. The molecule has 2 heterocycles. The highest BCUT2D eigenvalue weighted by Gasteiger charge is 2.35. The molecule has 4 rings (SSSR count). The number of hydroxylamine groups is 1. The zero-order valence-electron chi connectivity index (χ0n) is 23.7. The largest absolute Gasteiger partial charge is 0.496 e. The van der Waals surface area contributed by atoms with Crippen LogP contribution in [0.2, 0.25) is 0 Å². The molecule has 9 nitrogen and oxygen atoms in total. The summed E-state index contributed by atoms with van der Waals surface area (Å²) in [6.45, 7) is 6.60. The number of likely N-dealkylation sites (N-methyl/N-ethyl adjacent to an activating group) is 1. The van der Waals surface area contributed by atoms with Crippen LogP contribution in [0.4, 0.5) is 13.2 Å². The summed E-state index contributed by atoms with van der Waals surface area (Å²) in [6.07, 6.45) is 0. The number of methoxy groups -OCH3 is 1. The van der Waals surface area contributed by atoms with Gasteiger partial charge < -0.3 is 28.9 Å². The van der Waals surface area contributed by atoms with Gasteiger partial charge in [0, 0.05) is 33.6 Å². The Morgan fingerprint density at radius 2 is 1.95 bits per heavy atom. The summed E-state index contributed by atoms with van der Waals surface area (Å²) in [5.74, 6) is -3.66. The number of hydrogen-bond acceptors (Lipinski definition) is 7. The van der Waals surface area contributed by atoms with Crippen LogP contribution < -0.4 is 15.0 Å². The SMILES string of the molecule is CC.COc1cccc(F)c1CNO.C[C@@H]1COc2c(oc3ccc(C(C)(F)F)cc23)C(=O)N1CC(=O)N(C)C.[HH]. The second-order valence-electron chi connectivity index (χ2n) is 9.00. The first-order valence-corrected chi connectivity index (χ1v) is 12.7. The fourth-order valence-electron chi connectivity index (χ4n) is 3.75. The minimum absolute atomic E-state index is 0. The summed E-state index contributed by atoms with van der Waals surface area (Å²) >= 11 is 0. The van der Waals surface area contributed by atoms with Crippen molar-refractivity contribution in [3.8, 4) is 11.5 Å². The Bertz CT molecular complexity index is 1310. The van der Waals surface area contributed by atoms with Crippen LogP contribution in [-0.4, -0.2) is 67.2 Å². The van der Waals surface area contributed by atoms with Crippen LogP contribution in [0.3, 0.4) is 0 Å². The molecular formula is C28H38F3N3O6. The van der Waals surface area contributed by atoms with E-state index in [4.69, 9.17) is 19.1 Å². The van der Waals surface area contributed by atoms with Gasteiger partial charge in [0.15, 0.2) is 5.75 Å². The number of carbonyl (C=O) groups is 2. The van der Waals surface area contributed by atoms with E-state index in [0.717, 1.165) is 6.92 Å². The average molecular weight is 570 g/mol. The molecule has 12 heteroatoms. The van der Waals surface area contributed by atoms with Crippen molar-refractivity contribution >= 4 is 22.8 Å². The summed E-state index contributed by atoms with van der Waals surface area (Å²) in [5.41, 5.74) is 2.29. The lowest BCUT2D eigenvalue weighted by Gasteiger charge is -2.26. The number of benzene rings is 2. The van der Waals surface area contributed by atoms with Crippen LogP contribution in [-0.2, 0) is 17.3 Å². The van der Waals surface area contributed by atoms with Gasteiger partial charge in [0.1, 0.15) is 30.3 Å². The molecule has 1 aliphatic heterocycles. The van der Waals surface area contributed by atoms with Crippen LogP contribution in [0.25, 0.3) is 11.0 Å². The number of rotatable bonds is 6. The molecule has 1 aliphatic rings. The molecule has 0 aliphatic carbocycles. The first-order chi connectivity index (χ1) is 18.9. The van der Waals surface area contributed by atoms with Crippen molar-refractivity contribution < 1.29 is 43.3 Å². The number of alkyl halides is 2. The van der Waals surface area contributed by atoms with Crippen molar-refractivity contribution in [2.24, 2.45) is 0 Å². The third kappa shape index (κ3) is 7.45. The molecule has 2 amide bonds. The summed E-state index contributed by atoms with van der Waals surface area (Å²) < 4.78 is 56.4. The van der Waals surface area contributed by atoms with E-state index in [9.17, 15) is 22.8 Å². The van der Waals surface area contributed by atoms with E-state index in [0.29, 0.717) is 16.7 Å². The van der Waals surface area contributed by atoms with Gasteiger partial charge in [0.25, 0.3) is 11.8 Å². The maximum Gasteiger partial charge on any atom is 0.294 e. The number of hydrogen-bond donors (Lipinski definition) is 2. The highest BCUT2D eigenvalue weighted by Crippen LogP contribution is 2.39. The standard InChI is InChI=1S/C18H20F2N2O4.C8H10FNO2.C2H6.H2/c1-10-9-25-15-12-7-11(18(2,19)20)5-6-13(12)26-16(15)17(24)22(10)8-14(23)21(3)4;1-12-8-4-2-3-7(9)6(8)5-10-11;1-2;/h5-7,10H,8-9H2,1-4H3;2-4,10-11H,5H2,1H3;1-2H3;1H/t10-;;;/m1.../s1. The number of fused-ring (bicyclic) bond motifs is 3.